The fraction of sp³-hybridized carbons (Fsp3) is 0.583. The average Bonchev–Trinajstić information content (AvgIpc) is 3.00. The lowest BCUT2D eigenvalue weighted by Gasteiger charge is -2.29. The Kier molecular flexibility index (Phi) is 15.3. The summed E-state index contributed by atoms with van der Waals surface area (Å²) < 4.78 is 0. The van der Waals surface area contributed by atoms with Gasteiger partial charge in [0.15, 0.2) is 0 Å². The normalized spacial score (nSPS) is 14.0. The van der Waals surface area contributed by atoms with Crippen molar-refractivity contribution < 1.29 is 24.3 Å². The quantitative estimate of drug-likeness (QED) is 0.201. The largest absolute Gasteiger partial charge is 0.391 e. The molecule has 1 heterocycles. The number of pyridine rings is 1. The highest BCUT2D eigenvalue weighted by molar-refractivity contribution is 6.00. The van der Waals surface area contributed by atoms with Gasteiger partial charge in [-0.3, -0.25) is 24.2 Å². The molecule has 46 heavy (non-hydrogen) atoms. The summed E-state index contributed by atoms with van der Waals surface area (Å²) in [6.07, 6.45) is 2.95. The van der Waals surface area contributed by atoms with E-state index in [0.717, 1.165) is 11.1 Å². The molecule has 0 saturated heterocycles. The van der Waals surface area contributed by atoms with Crippen LogP contribution in [0.5, 0.6) is 0 Å². The third-order valence-corrected chi connectivity index (χ3v) is 7.86. The van der Waals surface area contributed by atoms with Crippen molar-refractivity contribution in [2.75, 3.05) is 13.1 Å². The Morgan fingerprint density at radius 1 is 0.848 bits per heavy atom. The second-order valence-corrected chi connectivity index (χ2v) is 13.5. The second-order valence-electron chi connectivity index (χ2n) is 13.5. The lowest BCUT2D eigenvalue weighted by molar-refractivity contribution is -0.132. The number of hydrogen-bond acceptors (Lipinski definition) is 6. The van der Waals surface area contributed by atoms with Gasteiger partial charge in [-0.15, -0.1) is 0 Å². The van der Waals surface area contributed by atoms with Crippen molar-refractivity contribution in [1.29, 1.82) is 0 Å². The van der Waals surface area contributed by atoms with Crippen molar-refractivity contribution in [1.82, 2.24) is 25.8 Å². The van der Waals surface area contributed by atoms with Crippen LogP contribution in [0.25, 0.3) is 0 Å². The predicted molar refractivity (Wildman–Crippen MR) is 181 cm³/mol. The highest BCUT2D eigenvalue weighted by Gasteiger charge is 2.30. The van der Waals surface area contributed by atoms with E-state index >= 15 is 0 Å². The number of aryl methyl sites for hydroxylation is 1. The number of carbonyl (C=O) groups is 4. The summed E-state index contributed by atoms with van der Waals surface area (Å²) in [4.78, 5) is 58.6. The Morgan fingerprint density at radius 2 is 1.48 bits per heavy atom. The number of nitrogens with one attached hydrogen (secondary N) is 3. The van der Waals surface area contributed by atoms with Gasteiger partial charge in [-0.2, -0.15) is 0 Å². The minimum atomic E-state index is -1.01. The van der Waals surface area contributed by atoms with Crippen LogP contribution in [0, 0.1) is 30.6 Å². The summed E-state index contributed by atoms with van der Waals surface area (Å²) in [5, 5.41) is 20.0. The minimum Gasteiger partial charge on any atom is -0.391 e. The Morgan fingerprint density at radius 3 is 2.04 bits per heavy atom. The maximum absolute atomic E-state index is 13.5. The van der Waals surface area contributed by atoms with Crippen LogP contribution in [0.3, 0.4) is 0 Å². The van der Waals surface area contributed by atoms with Crippen LogP contribution in [0.4, 0.5) is 0 Å². The van der Waals surface area contributed by atoms with Gasteiger partial charge in [0.05, 0.1) is 12.1 Å². The van der Waals surface area contributed by atoms with Crippen LogP contribution in [-0.2, 0) is 16.1 Å². The molecule has 0 saturated carbocycles. The Hall–Kier alpha value is -3.79. The molecule has 0 aliphatic carbocycles. The van der Waals surface area contributed by atoms with Crippen LogP contribution in [-0.4, -0.2) is 69.9 Å². The Bertz CT molecular complexity index is 1300. The van der Waals surface area contributed by atoms with Crippen molar-refractivity contribution in [2.24, 2.45) is 23.7 Å². The molecule has 4 N–H and O–H groups in total. The molecule has 2 aromatic rings. The summed E-state index contributed by atoms with van der Waals surface area (Å²) in [6.45, 7) is 18.6. The highest BCUT2D eigenvalue weighted by Crippen LogP contribution is 2.19. The molecule has 0 aliphatic rings. The maximum Gasteiger partial charge on any atom is 0.254 e. The zero-order valence-electron chi connectivity index (χ0n) is 29.1. The van der Waals surface area contributed by atoms with Crippen LogP contribution < -0.4 is 16.0 Å². The van der Waals surface area contributed by atoms with Gasteiger partial charge < -0.3 is 26.0 Å². The van der Waals surface area contributed by atoms with Gasteiger partial charge in [0.1, 0.15) is 6.04 Å². The number of aliphatic hydroxyl groups excluding tert-OH is 1. The van der Waals surface area contributed by atoms with E-state index in [1.807, 2.05) is 67.5 Å². The molecule has 4 amide bonds. The van der Waals surface area contributed by atoms with Gasteiger partial charge >= 0.3 is 0 Å². The average molecular weight is 638 g/mol. The summed E-state index contributed by atoms with van der Waals surface area (Å²) in [5.74, 6) is -1.44. The Balaban J connectivity index is 2.16. The summed E-state index contributed by atoms with van der Waals surface area (Å²) in [5.41, 5.74) is 2.45. The molecule has 1 aromatic heterocycles. The molecule has 1 aromatic carbocycles. The summed E-state index contributed by atoms with van der Waals surface area (Å²) in [6, 6.07) is 7.48. The van der Waals surface area contributed by atoms with E-state index in [2.05, 4.69) is 20.9 Å². The topological polar surface area (TPSA) is 141 Å². The molecule has 0 bridgehead atoms. The first kappa shape index (κ1) is 38.4. The summed E-state index contributed by atoms with van der Waals surface area (Å²) in [7, 11) is 0. The molecule has 2 rings (SSSR count). The van der Waals surface area contributed by atoms with Crippen LogP contribution >= 0.6 is 0 Å². The van der Waals surface area contributed by atoms with E-state index in [-0.39, 0.29) is 41.9 Å². The monoisotopic (exact) mass is 637 g/mol. The third kappa shape index (κ3) is 12.2. The lowest BCUT2D eigenvalue weighted by Crippen LogP contribution is -2.52. The van der Waals surface area contributed by atoms with E-state index in [1.54, 1.807) is 42.4 Å². The number of amides is 4. The molecule has 4 atom stereocenters. The van der Waals surface area contributed by atoms with Gasteiger partial charge in [0, 0.05) is 49.1 Å². The third-order valence-electron chi connectivity index (χ3n) is 7.86. The molecular weight excluding hydrogens is 582 g/mol. The fourth-order valence-electron chi connectivity index (χ4n) is 5.21. The fourth-order valence-corrected chi connectivity index (χ4v) is 5.21. The van der Waals surface area contributed by atoms with Crippen molar-refractivity contribution in [2.45, 2.75) is 99.9 Å². The molecule has 0 fully saturated rings. The van der Waals surface area contributed by atoms with Crippen molar-refractivity contribution in [3.63, 3.8) is 0 Å². The zero-order chi connectivity index (χ0) is 34.6. The van der Waals surface area contributed by atoms with E-state index in [1.165, 1.54) is 0 Å². The van der Waals surface area contributed by atoms with E-state index in [0.29, 0.717) is 37.2 Å². The number of carbonyl (C=O) groups excluding carboxylic acids is 4. The first-order valence-corrected chi connectivity index (χ1v) is 16.5. The second kappa shape index (κ2) is 18.4. The smallest absolute Gasteiger partial charge is 0.254 e. The number of hydrogen-bond donors (Lipinski definition) is 4. The number of aromatic nitrogens is 1. The highest BCUT2D eigenvalue weighted by atomic mass is 16.3. The summed E-state index contributed by atoms with van der Waals surface area (Å²) >= 11 is 0. The maximum atomic E-state index is 13.5. The Labute approximate surface area is 275 Å². The SMILES string of the molecule is CCN(Cc1ccncc1)C(=O)c1cc(C)cc(C(=O)NC(CC(C)C)C(O)CC(C)C(=O)NC(C(=O)NCC(C)C)C(C)C)c1. The number of aliphatic hydroxyl groups is 1. The van der Waals surface area contributed by atoms with Crippen molar-refractivity contribution >= 4 is 23.6 Å². The minimum absolute atomic E-state index is 0.0972. The number of benzene rings is 1. The number of rotatable bonds is 17. The standard InChI is InChI=1S/C36H55N5O5/c1-10-41(21-27-11-13-37-14-12-27)36(46)29-17-25(8)16-28(19-29)34(44)39-30(15-22(2)3)31(42)18-26(9)33(43)40-32(24(6)7)35(45)38-20-23(4)5/h11-14,16-17,19,22-24,26,30-32,42H,10,15,18,20-21H2,1-9H3,(H,38,45)(H,39,44)(H,40,43). The molecule has 4 unspecified atom stereocenters. The van der Waals surface area contributed by atoms with Gasteiger partial charge in [-0.1, -0.05) is 48.5 Å². The predicted octanol–water partition coefficient (Wildman–Crippen LogP) is 4.50. The van der Waals surface area contributed by atoms with Crippen LogP contribution in [0.1, 0.15) is 100 Å². The molecule has 10 heteroatoms. The van der Waals surface area contributed by atoms with Gasteiger partial charge in [0.25, 0.3) is 11.8 Å². The first-order valence-electron chi connectivity index (χ1n) is 16.5. The lowest BCUT2D eigenvalue weighted by atomic mass is 9.91. The molecule has 0 spiro atoms. The molecule has 254 valence electrons. The van der Waals surface area contributed by atoms with Gasteiger partial charge in [-0.05, 0) is 85.9 Å². The zero-order valence-corrected chi connectivity index (χ0v) is 29.1. The van der Waals surface area contributed by atoms with Crippen molar-refractivity contribution in [3.05, 3.63) is 65.0 Å². The van der Waals surface area contributed by atoms with E-state index < -0.39 is 30.0 Å². The van der Waals surface area contributed by atoms with Crippen LogP contribution in [0.2, 0.25) is 0 Å². The van der Waals surface area contributed by atoms with E-state index in [9.17, 15) is 24.3 Å². The molecule has 0 radical (unpaired) electrons. The molecule has 0 aliphatic heterocycles. The van der Waals surface area contributed by atoms with Gasteiger partial charge in [-0.25, -0.2) is 0 Å². The number of nitrogens with zero attached hydrogens (tertiary/aromatic N) is 2. The first-order chi connectivity index (χ1) is 21.6. The van der Waals surface area contributed by atoms with Crippen molar-refractivity contribution in [3.8, 4) is 0 Å². The van der Waals surface area contributed by atoms with Gasteiger partial charge in [0.2, 0.25) is 11.8 Å². The molecular formula is C36H55N5O5. The van der Waals surface area contributed by atoms with E-state index in [4.69, 9.17) is 0 Å². The molecule has 10 nitrogen and oxygen atoms in total. The van der Waals surface area contributed by atoms with Crippen LogP contribution in [0.15, 0.2) is 42.7 Å².